The quantitative estimate of drug-likeness (QED) is 0.197. The van der Waals surface area contributed by atoms with Gasteiger partial charge in [-0.15, -0.1) is 0 Å². The Bertz CT molecular complexity index is 2720. The molecule has 9 aromatic rings. The Hall–Kier alpha value is -6.13. The monoisotopic (exact) mass is 618 g/mol. The topological polar surface area (TPSA) is 42.4 Å². The van der Waals surface area contributed by atoms with Crippen molar-refractivity contribution in [1.82, 2.24) is 4.98 Å². The number of oxazole rings is 1. The third kappa shape index (κ3) is 3.93. The fourth-order valence-electron chi connectivity index (χ4n) is 7.68. The Morgan fingerprint density at radius 2 is 1.21 bits per heavy atom. The Labute approximate surface area is 277 Å². The standard InChI is InChI=1S/C44H30N2O2/c1-44(2)37-14-8-6-12-33(37)34-21-18-30(25-38(34)44)46(31-19-22-36-35-13-7-9-15-40(35)47-41(36)26-31)29-17-20-32-28(24-29)16-23-39-42(32)48-43(45-39)27-10-4-3-5-11-27/h3-26H,1-2H3. The molecule has 0 unspecified atom stereocenters. The molecule has 0 fully saturated rings. The van der Waals surface area contributed by atoms with Crippen LogP contribution in [0.5, 0.6) is 0 Å². The zero-order valence-corrected chi connectivity index (χ0v) is 26.6. The summed E-state index contributed by atoms with van der Waals surface area (Å²) in [4.78, 5) is 7.15. The minimum absolute atomic E-state index is 0.117. The van der Waals surface area contributed by atoms with Crippen molar-refractivity contribution >= 4 is 60.9 Å². The van der Waals surface area contributed by atoms with E-state index in [1.807, 2.05) is 42.5 Å². The second kappa shape index (κ2) is 9.93. The van der Waals surface area contributed by atoms with E-state index in [9.17, 15) is 0 Å². The van der Waals surface area contributed by atoms with Crippen LogP contribution in [0.25, 0.3) is 66.4 Å². The summed E-state index contributed by atoms with van der Waals surface area (Å²) in [6.07, 6.45) is 0. The van der Waals surface area contributed by atoms with E-state index < -0.39 is 0 Å². The number of anilines is 3. The van der Waals surface area contributed by atoms with Gasteiger partial charge in [0.2, 0.25) is 5.89 Å². The van der Waals surface area contributed by atoms with Gasteiger partial charge in [0.1, 0.15) is 16.7 Å². The van der Waals surface area contributed by atoms with Crippen molar-refractivity contribution in [2.24, 2.45) is 0 Å². The molecule has 1 aliphatic rings. The molecule has 0 radical (unpaired) electrons. The number of hydrogen-bond acceptors (Lipinski definition) is 4. The first-order valence-electron chi connectivity index (χ1n) is 16.4. The Balaban J connectivity index is 1.16. The fourth-order valence-corrected chi connectivity index (χ4v) is 7.68. The van der Waals surface area contributed by atoms with Gasteiger partial charge < -0.3 is 13.7 Å². The summed E-state index contributed by atoms with van der Waals surface area (Å²) < 4.78 is 12.8. The van der Waals surface area contributed by atoms with E-state index in [0.717, 1.165) is 66.4 Å². The van der Waals surface area contributed by atoms with Crippen LogP contribution in [0, 0.1) is 0 Å². The summed E-state index contributed by atoms with van der Waals surface area (Å²) in [5, 5.41) is 4.35. The van der Waals surface area contributed by atoms with Crippen LogP contribution in [0.1, 0.15) is 25.0 Å². The Morgan fingerprint density at radius 1 is 0.521 bits per heavy atom. The van der Waals surface area contributed by atoms with Gasteiger partial charge >= 0.3 is 0 Å². The maximum Gasteiger partial charge on any atom is 0.227 e. The molecule has 2 heterocycles. The van der Waals surface area contributed by atoms with Crippen LogP contribution in [0.2, 0.25) is 0 Å². The van der Waals surface area contributed by atoms with Crippen LogP contribution >= 0.6 is 0 Å². The van der Waals surface area contributed by atoms with E-state index in [0.29, 0.717) is 5.89 Å². The smallest absolute Gasteiger partial charge is 0.227 e. The molecule has 228 valence electrons. The Morgan fingerprint density at radius 3 is 2.10 bits per heavy atom. The summed E-state index contributed by atoms with van der Waals surface area (Å²) in [5.41, 5.74) is 12.7. The summed E-state index contributed by atoms with van der Waals surface area (Å²) >= 11 is 0. The molecule has 2 aromatic heterocycles. The van der Waals surface area contributed by atoms with Crippen LogP contribution in [0.3, 0.4) is 0 Å². The van der Waals surface area contributed by atoms with Crippen molar-refractivity contribution in [3.05, 3.63) is 157 Å². The number of fused-ring (bicyclic) bond motifs is 9. The van der Waals surface area contributed by atoms with E-state index in [1.165, 1.54) is 22.3 Å². The third-order valence-electron chi connectivity index (χ3n) is 10.1. The number of para-hydroxylation sites is 1. The average Bonchev–Trinajstić information content (AvgIpc) is 3.79. The molecule has 0 bridgehead atoms. The number of benzene rings is 7. The van der Waals surface area contributed by atoms with Crippen LogP contribution in [-0.4, -0.2) is 4.98 Å². The van der Waals surface area contributed by atoms with Crippen molar-refractivity contribution in [2.75, 3.05) is 4.90 Å². The van der Waals surface area contributed by atoms with E-state index in [1.54, 1.807) is 0 Å². The summed E-state index contributed by atoms with van der Waals surface area (Å²) in [7, 11) is 0. The molecule has 7 aromatic carbocycles. The first-order chi connectivity index (χ1) is 23.5. The van der Waals surface area contributed by atoms with Crippen LogP contribution in [0.4, 0.5) is 17.1 Å². The minimum atomic E-state index is -0.117. The van der Waals surface area contributed by atoms with Crippen molar-refractivity contribution in [3.63, 3.8) is 0 Å². The van der Waals surface area contributed by atoms with Gasteiger partial charge in [-0.2, -0.15) is 0 Å². The Kier molecular flexibility index (Phi) is 5.59. The molecular weight excluding hydrogens is 588 g/mol. The van der Waals surface area contributed by atoms with Gasteiger partial charge in [0.25, 0.3) is 0 Å². The maximum atomic E-state index is 6.38. The molecule has 48 heavy (non-hydrogen) atoms. The zero-order chi connectivity index (χ0) is 32.0. The van der Waals surface area contributed by atoms with Crippen molar-refractivity contribution in [1.29, 1.82) is 0 Å². The summed E-state index contributed by atoms with van der Waals surface area (Å²) in [5.74, 6) is 0.629. The highest BCUT2D eigenvalue weighted by molar-refractivity contribution is 6.07. The first kappa shape index (κ1) is 27.0. The fraction of sp³-hybridized carbons (Fsp3) is 0.0682. The summed E-state index contributed by atoms with van der Waals surface area (Å²) in [6, 6.07) is 51.3. The van der Waals surface area contributed by atoms with Crippen LogP contribution in [-0.2, 0) is 5.41 Å². The van der Waals surface area contributed by atoms with Gasteiger partial charge in [-0.05, 0) is 94.4 Å². The number of nitrogens with zero attached hydrogens (tertiary/aromatic N) is 2. The van der Waals surface area contributed by atoms with E-state index >= 15 is 0 Å². The molecule has 10 rings (SSSR count). The van der Waals surface area contributed by atoms with Crippen molar-refractivity contribution in [2.45, 2.75) is 19.3 Å². The zero-order valence-electron chi connectivity index (χ0n) is 26.6. The molecule has 0 atom stereocenters. The predicted octanol–water partition coefficient (Wildman–Crippen LogP) is 12.3. The lowest BCUT2D eigenvalue weighted by atomic mass is 9.82. The highest BCUT2D eigenvalue weighted by Crippen LogP contribution is 2.51. The normalized spacial score (nSPS) is 13.4. The average molecular weight is 619 g/mol. The largest absolute Gasteiger partial charge is 0.456 e. The van der Waals surface area contributed by atoms with Crippen LogP contribution in [0.15, 0.2) is 154 Å². The predicted molar refractivity (Wildman–Crippen MR) is 196 cm³/mol. The van der Waals surface area contributed by atoms with E-state index in [-0.39, 0.29) is 5.41 Å². The van der Waals surface area contributed by atoms with Crippen molar-refractivity contribution < 1.29 is 8.83 Å². The van der Waals surface area contributed by atoms with Gasteiger partial charge in [-0.3, -0.25) is 0 Å². The number of hydrogen-bond donors (Lipinski definition) is 0. The first-order valence-corrected chi connectivity index (χ1v) is 16.4. The van der Waals surface area contributed by atoms with E-state index in [4.69, 9.17) is 13.8 Å². The van der Waals surface area contributed by atoms with Crippen molar-refractivity contribution in [3.8, 4) is 22.6 Å². The minimum Gasteiger partial charge on any atom is -0.456 e. The van der Waals surface area contributed by atoms with Gasteiger partial charge in [-0.1, -0.05) is 86.6 Å². The lowest BCUT2D eigenvalue weighted by molar-refractivity contribution is 0.623. The van der Waals surface area contributed by atoms with Gasteiger partial charge in [0, 0.05) is 50.3 Å². The molecule has 4 heteroatoms. The molecule has 0 saturated carbocycles. The molecule has 0 aliphatic heterocycles. The number of furan rings is 1. The number of rotatable bonds is 4. The molecule has 4 nitrogen and oxygen atoms in total. The summed E-state index contributed by atoms with van der Waals surface area (Å²) in [6.45, 7) is 4.66. The number of aromatic nitrogens is 1. The molecular formula is C44H30N2O2. The molecule has 0 N–H and O–H groups in total. The van der Waals surface area contributed by atoms with E-state index in [2.05, 4.69) is 122 Å². The second-order valence-electron chi connectivity index (χ2n) is 13.2. The van der Waals surface area contributed by atoms with Gasteiger partial charge in [0.15, 0.2) is 5.58 Å². The third-order valence-corrected chi connectivity index (χ3v) is 10.1. The highest BCUT2D eigenvalue weighted by atomic mass is 16.3. The molecule has 0 saturated heterocycles. The van der Waals surface area contributed by atoms with Gasteiger partial charge in [-0.25, -0.2) is 4.98 Å². The highest BCUT2D eigenvalue weighted by Gasteiger charge is 2.35. The lowest BCUT2D eigenvalue weighted by Crippen LogP contribution is -2.16. The second-order valence-corrected chi connectivity index (χ2v) is 13.2. The maximum absolute atomic E-state index is 6.38. The van der Waals surface area contributed by atoms with Gasteiger partial charge in [0.05, 0.1) is 0 Å². The van der Waals surface area contributed by atoms with Crippen LogP contribution < -0.4 is 4.90 Å². The SMILES string of the molecule is CC1(C)c2ccccc2-c2ccc(N(c3ccc4c(ccc5nc(-c6ccccc6)oc54)c3)c3ccc4c(c3)oc3ccccc34)cc21. The lowest BCUT2D eigenvalue weighted by Gasteiger charge is -2.28. The molecule has 0 amide bonds. The molecule has 1 aliphatic carbocycles. The molecule has 0 spiro atoms.